The molecular formula is C15H26INO5. The molecule has 1 aliphatic rings. The summed E-state index contributed by atoms with van der Waals surface area (Å²) in [4.78, 5) is 23.8. The molecule has 1 N–H and O–H groups in total. The van der Waals surface area contributed by atoms with Gasteiger partial charge in [0.2, 0.25) is 0 Å². The molecule has 1 heterocycles. The van der Waals surface area contributed by atoms with Crippen molar-refractivity contribution in [1.82, 2.24) is 5.06 Å². The van der Waals surface area contributed by atoms with E-state index in [0.29, 0.717) is 6.42 Å². The molecule has 1 aliphatic heterocycles. The van der Waals surface area contributed by atoms with Crippen molar-refractivity contribution in [2.45, 2.75) is 62.5 Å². The van der Waals surface area contributed by atoms with Crippen LogP contribution in [0.1, 0.15) is 48.0 Å². The average molecular weight is 427 g/mol. The van der Waals surface area contributed by atoms with Crippen LogP contribution in [0.5, 0.6) is 0 Å². The smallest absolute Gasteiger partial charge is 0.321 e. The quantitative estimate of drug-likeness (QED) is 0.315. The highest BCUT2D eigenvalue weighted by molar-refractivity contribution is 14.1. The van der Waals surface area contributed by atoms with Crippen LogP contribution in [0, 0.1) is 5.92 Å². The Kier molecular flexibility index (Phi) is 5.89. The third kappa shape index (κ3) is 4.32. The largest absolute Gasteiger partial charge is 0.462 e. The molecule has 0 spiro atoms. The van der Waals surface area contributed by atoms with Crippen molar-refractivity contribution in [3.05, 3.63) is 0 Å². The van der Waals surface area contributed by atoms with Gasteiger partial charge in [0.25, 0.3) is 0 Å². The lowest BCUT2D eigenvalue weighted by molar-refractivity contribution is -0.200. The third-order valence-corrected chi connectivity index (χ3v) is 4.45. The van der Waals surface area contributed by atoms with Gasteiger partial charge < -0.3 is 14.7 Å². The van der Waals surface area contributed by atoms with Crippen LogP contribution in [0.4, 0.5) is 0 Å². The van der Waals surface area contributed by atoms with Gasteiger partial charge >= 0.3 is 11.9 Å². The zero-order valence-electron chi connectivity index (χ0n) is 14.1. The van der Waals surface area contributed by atoms with E-state index in [1.54, 1.807) is 13.8 Å². The zero-order valence-corrected chi connectivity index (χ0v) is 16.3. The highest BCUT2D eigenvalue weighted by Crippen LogP contribution is 2.43. The summed E-state index contributed by atoms with van der Waals surface area (Å²) in [5.41, 5.74) is -1.17. The van der Waals surface area contributed by atoms with Crippen LogP contribution in [-0.2, 0) is 19.1 Å². The van der Waals surface area contributed by atoms with Crippen molar-refractivity contribution in [1.29, 1.82) is 0 Å². The second kappa shape index (κ2) is 6.60. The van der Waals surface area contributed by atoms with Crippen molar-refractivity contribution in [2.24, 2.45) is 5.92 Å². The van der Waals surface area contributed by atoms with E-state index in [9.17, 15) is 14.8 Å². The molecule has 0 bridgehead atoms. The number of nitrogens with zero attached hydrogens (tertiary/aromatic N) is 1. The van der Waals surface area contributed by atoms with Crippen LogP contribution >= 0.6 is 22.6 Å². The minimum atomic E-state index is -0.693. The van der Waals surface area contributed by atoms with Crippen molar-refractivity contribution < 1.29 is 24.3 Å². The van der Waals surface area contributed by atoms with Crippen molar-refractivity contribution >= 4 is 34.5 Å². The molecule has 0 aromatic carbocycles. The van der Waals surface area contributed by atoms with Crippen molar-refractivity contribution in [2.75, 3.05) is 13.2 Å². The molecule has 0 radical (unpaired) electrons. The summed E-state index contributed by atoms with van der Waals surface area (Å²) in [6.07, 6.45) is 0.510. The van der Waals surface area contributed by atoms with E-state index in [0.717, 1.165) is 0 Å². The second-order valence-electron chi connectivity index (χ2n) is 7.31. The molecule has 0 saturated carbocycles. The van der Waals surface area contributed by atoms with Crippen LogP contribution in [0.3, 0.4) is 0 Å². The first-order valence-electron chi connectivity index (χ1n) is 7.32. The lowest BCUT2D eigenvalue weighted by Gasteiger charge is -2.35. The number of rotatable bonds is 5. The van der Waals surface area contributed by atoms with E-state index in [-0.39, 0.29) is 25.2 Å². The lowest BCUT2D eigenvalue weighted by atomic mass is 9.87. The summed E-state index contributed by atoms with van der Waals surface area (Å²) < 4.78 is 9.66. The Labute approximate surface area is 145 Å². The number of alkyl halides is 1. The molecule has 7 heteroatoms. The molecule has 0 aliphatic carbocycles. The van der Waals surface area contributed by atoms with E-state index in [1.165, 1.54) is 5.06 Å². The van der Waals surface area contributed by atoms with Crippen LogP contribution in [-0.4, -0.2) is 49.9 Å². The number of carbonyl (C=O) groups is 2. The van der Waals surface area contributed by atoms with Crippen LogP contribution in [0.15, 0.2) is 0 Å². The second-order valence-corrected chi connectivity index (χ2v) is 10.0. The topological polar surface area (TPSA) is 76.1 Å². The zero-order chi connectivity index (χ0) is 17.3. The molecule has 1 saturated heterocycles. The first-order valence-corrected chi connectivity index (χ1v) is 8.40. The Morgan fingerprint density at radius 1 is 1.23 bits per heavy atom. The minimum Gasteiger partial charge on any atom is -0.462 e. The van der Waals surface area contributed by atoms with Gasteiger partial charge in [-0.15, -0.1) is 0 Å². The van der Waals surface area contributed by atoms with E-state index in [2.05, 4.69) is 0 Å². The fourth-order valence-electron chi connectivity index (χ4n) is 2.68. The summed E-state index contributed by atoms with van der Waals surface area (Å²) in [5.74, 6) is -1.14. The standard InChI is InChI=1S/C15H26INO5/c1-13(2)9-10(15(5,6)17(13)20)11(18)21-7-8-22-12(19)14(3,4)16/h10,20H,7-9H2,1-6H3. The molecule has 1 unspecified atom stereocenters. The molecule has 0 amide bonds. The number of hydroxylamine groups is 2. The predicted octanol–water partition coefficient (Wildman–Crippen LogP) is 2.55. The summed E-state index contributed by atoms with van der Waals surface area (Å²) in [6, 6.07) is 0. The van der Waals surface area contributed by atoms with E-state index in [1.807, 2.05) is 50.3 Å². The maximum absolute atomic E-state index is 12.2. The van der Waals surface area contributed by atoms with Gasteiger partial charge in [0.1, 0.15) is 16.6 Å². The highest BCUT2D eigenvalue weighted by atomic mass is 127. The average Bonchev–Trinajstić information content (AvgIpc) is 2.53. The fourth-order valence-corrected chi connectivity index (χ4v) is 2.84. The van der Waals surface area contributed by atoms with Gasteiger partial charge in [0.05, 0.1) is 11.5 Å². The Hall–Kier alpha value is -0.410. The van der Waals surface area contributed by atoms with Crippen molar-refractivity contribution in [3.8, 4) is 0 Å². The molecular weight excluding hydrogens is 401 g/mol. The van der Waals surface area contributed by atoms with Gasteiger partial charge in [-0.1, -0.05) is 22.6 Å². The molecule has 22 heavy (non-hydrogen) atoms. The Morgan fingerprint density at radius 3 is 2.14 bits per heavy atom. The Bertz CT molecular complexity index is 442. The molecule has 0 aromatic rings. The summed E-state index contributed by atoms with van der Waals surface area (Å²) in [5, 5.41) is 11.4. The summed E-state index contributed by atoms with van der Waals surface area (Å²) >= 11 is 1.99. The van der Waals surface area contributed by atoms with E-state index >= 15 is 0 Å². The maximum atomic E-state index is 12.2. The van der Waals surface area contributed by atoms with E-state index in [4.69, 9.17) is 9.47 Å². The van der Waals surface area contributed by atoms with Gasteiger partial charge in [0.15, 0.2) is 0 Å². The van der Waals surface area contributed by atoms with Gasteiger partial charge in [0, 0.05) is 5.54 Å². The number of halogens is 1. The Balaban J connectivity index is 2.49. The first kappa shape index (κ1) is 19.6. The molecule has 0 aromatic heterocycles. The Morgan fingerprint density at radius 2 is 1.73 bits per heavy atom. The molecule has 128 valence electrons. The molecule has 6 nitrogen and oxygen atoms in total. The highest BCUT2D eigenvalue weighted by Gasteiger charge is 2.54. The molecule has 1 atom stereocenters. The normalized spacial score (nSPS) is 24.1. The van der Waals surface area contributed by atoms with Gasteiger partial charge in [-0.05, 0) is 48.0 Å². The third-order valence-electron chi connectivity index (χ3n) is 4.01. The van der Waals surface area contributed by atoms with Crippen LogP contribution in [0.25, 0.3) is 0 Å². The fraction of sp³-hybridized carbons (Fsp3) is 0.867. The number of hydrogen-bond donors (Lipinski definition) is 1. The predicted molar refractivity (Wildman–Crippen MR) is 89.9 cm³/mol. The van der Waals surface area contributed by atoms with Gasteiger partial charge in [-0.3, -0.25) is 9.59 Å². The molecule has 1 rings (SSSR count). The maximum Gasteiger partial charge on any atom is 0.321 e. The van der Waals surface area contributed by atoms with Crippen LogP contribution < -0.4 is 0 Å². The lowest BCUT2D eigenvalue weighted by Crippen LogP contribution is -2.48. The number of carbonyl (C=O) groups excluding carboxylic acids is 2. The van der Waals surface area contributed by atoms with Crippen molar-refractivity contribution in [3.63, 3.8) is 0 Å². The SMILES string of the molecule is CC(C)(I)C(=O)OCCOC(=O)C1CC(C)(C)N(O)C1(C)C. The monoisotopic (exact) mass is 427 g/mol. The van der Waals surface area contributed by atoms with Crippen LogP contribution in [0.2, 0.25) is 0 Å². The summed E-state index contributed by atoms with van der Waals surface area (Å²) in [6.45, 7) is 10.9. The van der Waals surface area contributed by atoms with E-state index < -0.39 is 20.4 Å². The number of ether oxygens (including phenoxy) is 2. The minimum absolute atomic E-state index is 0.0235. The van der Waals surface area contributed by atoms with Gasteiger partial charge in [-0.2, -0.15) is 5.06 Å². The summed E-state index contributed by atoms with van der Waals surface area (Å²) in [7, 11) is 0. The number of esters is 2. The first-order chi connectivity index (χ1) is 9.80. The molecule has 1 fully saturated rings. The number of hydrogen-bond acceptors (Lipinski definition) is 6. The van der Waals surface area contributed by atoms with Gasteiger partial charge in [-0.25, -0.2) is 0 Å².